The summed E-state index contributed by atoms with van der Waals surface area (Å²) >= 11 is 0. The number of carbonyl (C=O) groups is 1. The van der Waals surface area contributed by atoms with Crippen molar-refractivity contribution in [2.45, 2.75) is 26.4 Å². The summed E-state index contributed by atoms with van der Waals surface area (Å²) in [4.78, 5) is 12.6. The zero-order valence-electron chi connectivity index (χ0n) is 15.0. The van der Waals surface area contributed by atoms with Gasteiger partial charge in [-0.3, -0.25) is 4.79 Å². The van der Waals surface area contributed by atoms with Crippen molar-refractivity contribution in [1.82, 2.24) is 15.1 Å². The zero-order valence-corrected chi connectivity index (χ0v) is 15.0. The van der Waals surface area contributed by atoms with E-state index in [9.17, 15) is 9.90 Å². The van der Waals surface area contributed by atoms with Gasteiger partial charge in [0.2, 0.25) is 0 Å². The number of hydrogen-bond donors (Lipinski definition) is 2. The molecule has 0 aliphatic carbocycles. The molecule has 2 N–H and O–H groups in total. The molecule has 1 heterocycles. The lowest BCUT2D eigenvalue weighted by Gasteiger charge is -2.12. The molecule has 0 fully saturated rings. The number of nitrogens with one attached hydrogen (secondary N) is 1. The van der Waals surface area contributed by atoms with Crippen LogP contribution in [0.2, 0.25) is 0 Å². The van der Waals surface area contributed by atoms with Crippen LogP contribution in [0.3, 0.4) is 0 Å². The highest BCUT2D eigenvalue weighted by atomic mass is 16.3. The van der Waals surface area contributed by atoms with Crippen molar-refractivity contribution in [1.29, 1.82) is 0 Å². The summed E-state index contributed by atoms with van der Waals surface area (Å²) in [7, 11) is 0. The van der Waals surface area contributed by atoms with E-state index in [1.54, 1.807) is 4.68 Å². The normalized spacial score (nSPS) is 12.0. The van der Waals surface area contributed by atoms with Gasteiger partial charge in [-0.15, -0.1) is 0 Å². The second-order valence-electron chi connectivity index (χ2n) is 6.35. The molecule has 1 aromatic heterocycles. The average molecular weight is 349 g/mol. The quantitative estimate of drug-likeness (QED) is 0.719. The van der Waals surface area contributed by atoms with Gasteiger partial charge >= 0.3 is 0 Å². The van der Waals surface area contributed by atoms with Crippen LogP contribution < -0.4 is 5.32 Å². The number of rotatable bonds is 6. The fourth-order valence-corrected chi connectivity index (χ4v) is 3.05. The maximum Gasteiger partial charge on any atom is 0.255 e. The van der Waals surface area contributed by atoms with E-state index in [1.165, 1.54) is 0 Å². The van der Waals surface area contributed by atoms with Gasteiger partial charge in [0.05, 0.1) is 28.7 Å². The van der Waals surface area contributed by atoms with Crippen LogP contribution in [0.4, 0.5) is 0 Å². The van der Waals surface area contributed by atoms with Crippen LogP contribution in [-0.2, 0) is 6.42 Å². The molecule has 3 rings (SSSR count). The summed E-state index contributed by atoms with van der Waals surface area (Å²) < 4.78 is 1.77. The number of aliphatic hydroxyl groups is 1. The van der Waals surface area contributed by atoms with Crippen LogP contribution in [-0.4, -0.2) is 33.4 Å². The Bertz CT molecular complexity index is 873. The highest BCUT2D eigenvalue weighted by Crippen LogP contribution is 2.17. The standard InChI is InChI=1S/C21H23N3O2/c1-15-20(16(2)24(23-15)18-11-7-4-8-12-18)21(26)22-14-19(25)13-17-9-5-3-6-10-17/h3-12,19,25H,13-14H2,1-2H3,(H,22,26). The van der Waals surface area contributed by atoms with E-state index >= 15 is 0 Å². The minimum Gasteiger partial charge on any atom is -0.391 e. The number of amides is 1. The molecule has 1 unspecified atom stereocenters. The van der Waals surface area contributed by atoms with Gasteiger partial charge in [-0.2, -0.15) is 5.10 Å². The van der Waals surface area contributed by atoms with E-state index in [0.717, 1.165) is 16.9 Å². The fraction of sp³-hybridized carbons (Fsp3) is 0.238. The Kier molecular flexibility index (Phi) is 5.49. The molecule has 0 radical (unpaired) electrons. The lowest BCUT2D eigenvalue weighted by Crippen LogP contribution is -2.33. The Labute approximate surface area is 153 Å². The minimum absolute atomic E-state index is 0.198. The van der Waals surface area contributed by atoms with E-state index < -0.39 is 6.10 Å². The van der Waals surface area contributed by atoms with E-state index in [-0.39, 0.29) is 12.5 Å². The number of benzene rings is 2. The van der Waals surface area contributed by atoms with Crippen LogP contribution in [0.15, 0.2) is 60.7 Å². The van der Waals surface area contributed by atoms with Gasteiger partial charge in [0, 0.05) is 13.0 Å². The van der Waals surface area contributed by atoms with Crippen LogP contribution >= 0.6 is 0 Å². The summed E-state index contributed by atoms with van der Waals surface area (Å²) in [5.41, 5.74) is 3.96. The molecular formula is C21H23N3O2. The number of para-hydroxylation sites is 1. The molecule has 0 spiro atoms. The first-order chi connectivity index (χ1) is 12.6. The zero-order chi connectivity index (χ0) is 18.5. The molecule has 0 aliphatic heterocycles. The van der Waals surface area contributed by atoms with E-state index in [0.29, 0.717) is 17.7 Å². The van der Waals surface area contributed by atoms with Gasteiger partial charge in [0.1, 0.15) is 0 Å². The van der Waals surface area contributed by atoms with E-state index in [2.05, 4.69) is 10.4 Å². The second kappa shape index (κ2) is 7.97. The molecule has 5 nitrogen and oxygen atoms in total. The molecule has 0 bridgehead atoms. The largest absolute Gasteiger partial charge is 0.391 e. The molecule has 0 saturated carbocycles. The third kappa shape index (κ3) is 4.00. The van der Waals surface area contributed by atoms with E-state index in [1.807, 2.05) is 74.5 Å². The lowest BCUT2D eigenvalue weighted by molar-refractivity contribution is 0.0914. The Morgan fingerprint density at radius 1 is 1.08 bits per heavy atom. The van der Waals surface area contributed by atoms with Crippen molar-refractivity contribution < 1.29 is 9.90 Å². The van der Waals surface area contributed by atoms with Gasteiger partial charge in [0.25, 0.3) is 5.91 Å². The van der Waals surface area contributed by atoms with Crippen LogP contribution in [0.25, 0.3) is 5.69 Å². The van der Waals surface area contributed by atoms with Crippen molar-refractivity contribution in [2.75, 3.05) is 6.54 Å². The summed E-state index contributed by atoms with van der Waals surface area (Å²) in [5.74, 6) is -0.214. The molecule has 1 atom stereocenters. The average Bonchev–Trinajstić information content (AvgIpc) is 2.96. The maximum atomic E-state index is 12.6. The number of aryl methyl sites for hydroxylation is 1. The summed E-state index contributed by atoms with van der Waals surface area (Å²) in [6.45, 7) is 3.90. The van der Waals surface area contributed by atoms with Crippen LogP contribution in [0.5, 0.6) is 0 Å². The number of hydrogen-bond acceptors (Lipinski definition) is 3. The lowest BCUT2D eigenvalue weighted by atomic mass is 10.1. The topological polar surface area (TPSA) is 67.2 Å². The van der Waals surface area contributed by atoms with Crippen LogP contribution in [0, 0.1) is 13.8 Å². The molecule has 134 valence electrons. The fourth-order valence-electron chi connectivity index (χ4n) is 3.05. The first-order valence-corrected chi connectivity index (χ1v) is 8.68. The maximum absolute atomic E-state index is 12.6. The molecular weight excluding hydrogens is 326 g/mol. The van der Waals surface area contributed by atoms with Gasteiger partial charge in [-0.05, 0) is 31.5 Å². The Balaban J connectivity index is 1.67. The monoisotopic (exact) mass is 349 g/mol. The highest BCUT2D eigenvalue weighted by Gasteiger charge is 2.20. The Hall–Kier alpha value is -2.92. The number of aromatic nitrogens is 2. The Morgan fingerprint density at radius 2 is 1.69 bits per heavy atom. The number of aliphatic hydroxyl groups excluding tert-OH is 1. The molecule has 3 aromatic rings. The molecule has 5 heteroatoms. The molecule has 1 amide bonds. The third-order valence-corrected chi connectivity index (χ3v) is 4.33. The first kappa shape index (κ1) is 17.9. The molecule has 2 aromatic carbocycles. The first-order valence-electron chi connectivity index (χ1n) is 8.68. The Morgan fingerprint density at radius 3 is 2.35 bits per heavy atom. The number of carbonyl (C=O) groups excluding carboxylic acids is 1. The third-order valence-electron chi connectivity index (χ3n) is 4.33. The number of nitrogens with zero attached hydrogens (tertiary/aromatic N) is 2. The summed E-state index contributed by atoms with van der Waals surface area (Å²) in [6, 6.07) is 19.4. The van der Waals surface area contributed by atoms with Crippen molar-refractivity contribution in [3.8, 4) is 5.69 Å². The predicted molar refractivity (Wildman–Crippen MR) is 102 cm³/mol. The van der Waals surface area contributed by atoms with Crippen molar-refractivity contribution >= 4 is 5.91 Å². The molecule has 26 heavy (non-hydrogen) atoms. The summed E-state index contributed by atoms with van der Waals surface area (Å²) in [5, 5.41) is 17.5. The van der Waals surface area contributed by atoms with Crippen molar-refractivity contribution in [3.63, 3.8) is 0 Å². The van der Waals surface area contributed by atoms with Gasteiger partial charge in [-0.1, -0.05) is 48.5 Å². The van der Waals surface area contributed by atoms with Crippen LogP contribution in [0.1, 0.15) is 27.3 Å². The molecule has 0 aliphatic rings. The minimum atomic E-state index is -0.633. The van der Waals surface area contributed by atoms with E-state index in [4.69, 9.17) is 0 Å². The van der Waals surface area contributed by atoms with Crippen molar-refractivity contribution in [2.24, 2.45) is 0 Å². The predicted octanol–water partition coefficient (Wildman–Crippen LogP) is 2.82. The van der Waals surface area contributed by atoms with Gasteiger partial charge < -0.3 is 10.4 Å². The molecule has 0 saturated heterocycles. The van der Waals surface area contributed by atoms with Crippen molar-refractivity contribution in [3.05, 3.63) is 83.2 Å². The SMILES string of the molecule is Cc1nn(-c2ccccc2)c(C)c1C(=O)NCC(O)Cc1ccccc1. The smallest absolute Gasteiger partial charge is 0.255 e. The van der Waals surface area contributed by atoms with Gasteiger partial charge in [0.15, 0.2) is 0 Å². The summed E-state index contributed by atoms with van der Waals surface area (Å²) in [6.07, 6.45) is -0.131. The second-order valence-corrected chi connectivity index (χ2v) is 6.35. The highest BCUT2D eigenvalue weighted by molar-refractivity contribution is 5.96. The van der Waals surface area contributed by atoms with Gasteiger partial charge in [-0.25, -0.2) is 4.68 Å².